The summed E-state index contributed by atoms with van der Waals surface area (Å²) in [4.78, 5) is 45.4. The molecule has 2 N–H and O–H groups in total. The molecule has 9 heteroatoms. The quantitative estimate of drug-likeness (QED) is 0.261. The molecule has 0 aromatic heterocycles. The van der Waals surface area contributed by atoms with Gasteiger partial charge in [0.25, 0.3) is 0 Å². The third-order valence-electron chi connectivity index (χ3n) is 6.83. The Labute approximate surface area is 233 Å². The van der Waals surface area contributed by atoms with Gasteiger partial charge in [-0.3, -0.25) is 19.4 Å². The van der Waals surface area contributed by atoms with Gasteiger partial charge in [-0.05, 0) is 86.6 Å². The fourth-order valence-electron chi connectivity index (χ4n) is 4.68. The van der Waals surface area contributed by atoms with Crippen molar-refractivity contribution in [1.82, 2.24) is 4.90 Å². The predicted molar refractivity (Wildman–Crippen MR) is 154 cm³/mol. The van der Waals surface area contributed by atoms with E-state index in [1.807, 2.05) is 26.2 Å². The zero-order chi connectivity index (χ0) is 28.8. The lowest BCUT2D eigenvalue weighted by molar-refractivity contribution is -0.136. The third kappa shape index (κ3) is 6.98. The standard InChI is InChI=1S/C31H33FN4O4/c1-35(2)17-5-4-6-27(37)36(3)24-14-12-23(13-15-24)33-30(21-9-7-20(8-10-21)18-28(38)39)29-25-16-11-22(32)19-26(25)34-31(29)40/h7-16,19,29H,4-6,17-18H2,1-3H3,(H,34,40)(H,38,39). The average molecular weight is 545 g/mol. The van der Waals surface area contributed by atoms with Crippen LogP contribution in [-0.4, -0.2) is 61.2 Å². The second kappa shape index (κ2) is 12.7. The Morgan fingerprint density at radius 1 is 0.975 bits per heavy atom. The van der Waals surface area contributed by atoms with Gasteiger partial charge in [0.1, 0.15) is 11.7 Å². The SMILES string of the molecule is CN(C)CCCCC(=O)N(C)c1ccc(N=C(c2ccc(CC(=O)O)cc2)C2C(=O)Nc3cc(F)ccc32)cc1. The van der Waals surface area contributed by atoms with Crippen LogP contribution in [0.4, 0.5) is 21.5 Å². The number of fused-ring (bicyclic) bond motifs is 1. The van der Waals surface area contributed by atoms with Crippen molar-refractivity contribution in [3.8, 4) is 0 Å². The molecule has 0 fully saturated rings. The lowest BCUT2D eigenvalue weighted by atomic mass is 9.90. The van der Waals surface area contributed by atoms with E-state index in [0.717, 1.165) is 25.1 Å². The molecule has 1 atom stereocenters. The van der Waals surface area contributed by atoms with Gasteiger partial charge in [0.2, 0.25) is 11.8 Å². The number of unbranched alkanes of at least 4 members (excludes halogenated alkanes) is 1. The number of nitrogens with zero attached hydrogens (tertiary/aromatic N) is 3. The number of carbonyl (C=O) groups is 3. The van der Waals surface area contributed by atoms with E-state index in [1.165, 1.54) is 12.1 Å². The van der Waals surface area contributed by atoms with Crippen LogP contribution in [0, 0.1) is 5.82 Å². The molecule has 1 heterocycles. The summed E-state index contributed by atoms with van der Waals surface area (Å²) in [5.41, 5.74) is 4.01. The normalized spacial score (nSPS) is 14.7. The van der Waals surface area contributed by atoms with E-state index < -0.39 is 17.7 Å². The molecule has 0 saturated heterocycles. The molecule has 0 bridgehead atoms. The first-order valence-electron chi connectivity index (χ1n) is 13.1. The summed E-state index contributed by atoms with van der Waals surface area (Å²) < 4.78 is 13.9. The molecule has 208 valence electrons. The largest absolute Gasteiger partial charge is 0.481 e. The van der Waals surface area contributed by atoms with Crippen LogP contribution in [0.1, 0.15) is 41.9 Å². The maximum Gasteiger partial charge on any atom is 0.307 e. The minimum atomic E-state index is -0.940. The number of benzene rings is 3. The number of amides is 2. The molecule has 3 aromatic carbocycles. The Balaban J connectivity index is 1.62. The molecule has 40 heavy (non-hydrogen) atoms. The highest BCUT2D eigenvalue weighted by Gasteiger charge is 2.35. The summed E-state index contributed by atoms with van der Waals surface area (Å²) in [5, 5.41) is 11.9. The summed E-state index contributed by atoms with van der Waals surface area (Å²) >= 11 is 0. The average Bonchev–Trinajstić information content (AvgIpc) is 3.24. The van der Waals surface area contributed by atoms with Gasteiger partial charge in [-0.25, -0.2) is 4.39 Å². The van der Waals surface area contributed by atoms with E-state index in [-0.39, 0.29) is 18.2 Å². The maximum atomic E-state index is 13.9. The van der Waals surface area contributed by atoms with Gasteiger partial charge in [0.15, 0.2) is 0 Å². The molecule has 2 amide bonds. The monoisotopic (exact) mass is 544 g/mol. The van der Waals surface area contributed by atoms with Crippen molar-refractivity contribution in [1.29, 1.82) is 0 Å². The van der Waals surface area contributed by atoms with Crippen LogP contribution < -0.4 is 10.2 Å². The number of nitrogens with one attached hydrogen (secondary N) is 1. The van der Waals surface area contributed by atoms with E-state index >= 15 is 0 Å². The van der Waals surface area contributed by atoms with Crippen molar-refractivity contribution < 1.29 is 23.9 Å². The topological polar surface area (TPSA) is 102 Å². The van der Waals surface area contributed by atoms with E-state index in [1.54, 1.807) is 54.4 Å². The van der Waals surface area contributed by atoms with Crippen molar-refractivity contribution in [2.75, 3.05) is 37.9 Å². The molecule has 3 aromatic rings. The highest BCUT2D eigenvalue weighted by molar-refractivity contribution is 6.24. The zero-order valence-corrected chi connectivity index (χ0v) is 22.9. The first-order chi connectivity index (χ1) is 19.1. The number of rotatable bonds is 11. The first-order valence-corrected chi connectivity index (χ1v) is 13.1. The predicted octanol–water partition coefficient (Wildman–Crippen LogP) is 5.00. The Kier molecular flexibility index (Phi) is 9.06. The Bertz CT molecular complexity index is 1420. The Morgan fingerprint density at radius 3 is 2.33 bits per heavy atom. The van der Waals surface area contributed by atoms with Gasteiger partial charge in [-0.1, -0.05) is 30.3 Å². The van der Waals surface area contributed by atoms with Gasteiger partial charge in [-0.15, -0.1) is 0 Å². The molecular weight excluding hydrogens is 511 g/mol. The smallest absolute Gasteiger partial charge is 0.307 e. The lowest BCUT2D eigenvalue weighted by Crippen LogP contribution is -2.26. The highest BCUT2D eigenvalue weighted by Crippen LogP contribution is 2.37. The molecule has 4 rings (SSSR count). The first kappa shape index (κ1) is 28.6. The summed E-state index contributed by atoms with van der Waals surface area (Å²) in [7, 11) is 5.76. The lowest BCUT2D eigenvalue weighted by Gasteiger charge is -2.18. The van der Waals surface area contributed by atoms with Crippen LogP contribution in [-0.2, 0) is 20.8 Å². The van der Waals surface area contributed by atoms with Gasteiger partial charge >= 0.3 is 5.97 Å². The number of aliphatic carboxylic acids is 1. The fraction of sp³-hybridized carbons (Fsp3) is 0.290. The van der Waals surface area contributed by atoms with Gasteiger partial charge in [0.05, 0.1) is 17.8 Å². The maximum absolute atomic E-state index is 13.9. The number of carboxylic acid groups (broad SMARTS) is 1. The number of carbonyl (C=O) groups excluding carboxylic acids is 2. The summed E-state index contributed by atoms with van der Waals surface area (Å²) in [5.74, 6) is -2.48. The fourth-order valence-corrected chi connectivity index (χ4v) is 4.68. The van der Waals surface area contributed by atoms with Crippen LogP contribution in [0.2, 0.25) is 0 Å². The molecule has 1 unspecified atom stereocenters. The second-order valence-electron chi connectivity index (χ2n) is 10.1. The molecule has 8 nitrogen and oxygen atoms in total. The zero-order valence-electron chi connectivity index (χ0n) is 22.9. The van der Waals surface area contributed by atoms with Gasteiger partial charge < -0.3 is 20.2 Å². The van der Waals surface area contributed by atoms with E-state index in [0.29, 0.717) is 40.2 Å². The summed E-state index contributed by atoms with van der Waals surface area (Å²) in [6.07, 6.45) is 2.10. The number of hydrogen-bond acceptors (Lipinski definition) is 5. The van der Waals surface area contributed by atoms with Crippen LogP contribution in [0.3, 0.4) is 0 Å². The Morgan fingerprint density at radius 2 is 1.68 bits per heavy atom. The second-order valence-corrected chi connectivity index (χ2v) is 10.1. The molecule has 0 aliphatic carbocycles. The molecule has 1 aliphatic heterocycles. The number of aliphatic imine (C=N–C) groups is 1. The molecule has 1 aliphatic rings. The minimum Gasteiger partial charge on any atom is -0.481 e. The number of carboxylic acids is 1. The number of hydrogen-bond donors (Lipinski definition) is 2. The Hall–Kier alpha value is -4.37. The summed E-state index contributed by atoms with van der Waals surface area (Å²) in [6, 6.07) is 18.2. The van der Waals surface area contributed by atoms with E-state index in [9.17, 15) is 18.8 Å². The van der Waals surface area contributed by atoms with E-state index in [2.05, 4.69) is 10.2 Å². The minimum absolute atomic E-state index is 0.0311. The van der Waals surface area contributed by atoms with Gasteiger partial charge in [0, 0.05) is 24.8 Å². The molecule has 0 saturated carbocycles. The van der Waals surface area contributed by atoms with Crippen LogP contribution in [0.5, 0.6) is 0 Å². The van der Waals surface area contributed by atoms with Crippen molar-refractivity contribution in [3.05, 3.63) is 89.2 Å². The van der Waals surface area contributed by atoms with Crippen molar-refractivity contribution in [3.63, 3.8) is 0 Å². The van der Waals surface area contributed by atoms with Crippen LogP contribution in [0.15, 0.2) is 71.7 Å². The van der Waals surface area contributed by atoms with Gasteiger partial charge in [-0.2, -0.15) is 0 Å². The van der Waals surface area contributed by atoms with Crippen molar-refractivity contribution in [2.45, 2.75) is 31.6 Å². The number of anilines is 2. The molecule has 0 radical (unpaired) electrons. The molecule has 0 spiro atoms. The van der Waals surface area contributed by atoms with Crippen LogP contribution >= 0.6 is 0 Å². The third-order valence-corrected chi connectivity index (χ3v) is 6.83. The molecular formula is C31H33FN4O4. The van der Waals surface area contributed by atoms with Crippen molar-refractivity contribution >= 4 is 40.6 Å². The summed E-state index contributed by atoms with van der Waals surface area (Å²) in [6.45, 7) is 0.937. The highest BCUT2D eigenvalue weighted by atomic mass is 19.1. The van der Waals surface area contributed by atoms with E-state index in [4.69, 9.17) is 10.1 Å². The van der Waals surface area contributed by atoms with Crippen molar-refractivity contribution in [2.24, 2.45) is 4.99 Å². The van der Waals surface area contributed by atoms with Crippen LogP contribution in [0.25, 0.3) is 0 Å². The number of halogens is 1.